The summed E-state index contributed by atoms with van der Waals surface area (Å²) in [6.07, 6.45) is 22.8. The van der Waals surface area contributed by atoms with Gasteiger partial charge >= 0.3 is 0 Å². The van der Waals surface area contributed by atoms with Gasteiger partial charge in [-0.25, -0.2) is 0 Å². The van der Waals surface area contributed by atoms with Crippen LogP contribution in [0.25, 0.3) is 0 Å². The maximum atomic E-state index is 2.54. The summed E-state index contributed by atoms with van der Waals surface area (Å²) in [5.41, 5.74) is 1.09. The van der Waals surface area contributed by atoms with Gasteiger partial charge in [-0.05, 0) is 113 Å². The standard InChI is InChI=1S/C38H78N2/c1-31-21-19-27-37(5,6)35(31)25-23-33(3)39(9,10)29-17-15-13-14-16-18-30-40(11,12)34(4)24-26-36-32(2)22-20-28-38(36,7)8/h31-36H,13-30H2,1-12H3/q+2. The molecule has 2 heteroatoms. The van der Waals surface area contributed by atoms with Crippen molar-refractivity contribution in [1.82, 2.24) is 0 Å². The van der Waals surface area contributed by atoms with Gasteiger partial charge in [-0.15, -0.1) is 0 Å². The van der Waals surface area contributed by atoms with Crippen molar-refractivity contribution in [3.8, 4) is 0 Å². The van der Waals surface area contributed by atoms with Crippen LogP contribution in [0.2, 0.25) is 0 Å². The SMILES string of the molecule is CC1CCCC(C)(C)C1CCC(C)[N+](C)(C)CCCCCCCC[N+](C)(C)C(C)CCC1C(C)CCCC1(C)C. The number of quaternary nitrogens is 2. The first-order valence-corrected chi connectivity index (χ1v) is 18.1. The highest BCUT2D eigenvalue weighted by atomic mass is 15.3. The molecule has 0 saturated heterocycles. The van der Waals surface area contributed by atoms with Gasteiger partial charge in [-0.2, -0.15) is 0 Å². The lowest BCUT2D eigenvalue weighted by Crippen LogP contribution is -2.48. The van der Waals surface area contributed by atoms with Crippen LogP contribution in [0.5, 0.6) is 0 Å². The average Bonchev–Trinajstić information content (AvgIpc) is 2.83. The van der Waals surface area contributed by atoms with Crippen molar-refractivity contribution >= 4 is 0 Å². The Morgan fingerprint density at radius 1 is 0.575 bits per heavy atom. The Labute approximate surface area is 254 Å². The first-order valence-electron chi connectivity index (χ1n) is 18.1. The molecule has 238 valence electrons. The van der Waals surface area contributed by atoms with Gasteiger partial charge in [0.15, 0.2) is 0 Å². The second-order valence-corrected chi connectivity index (χ2v) is 17.9. The predicted molar refractivity (Wildman–Crippen MR) is 180 cm³/mol. The van der Waals surface area contributed by atoms with E-state index in [4.69, 9.17) is 0 Å². The molecule has 2 aliphatic carbocycles. The van der Waals surface area contributed by atoms with Crippen LogP contribution in [-0.4, -0.2) is 62.3 Å². The van der Waals surface area contributed by atoms with Crippen molar-refractivity contribution in [2.75, 3.05) is 41.3 Å². The molecule has 2 aliphatic rings. The molecular formula is C38H78N2+2. The van der Waals surface area contributed by atoms with E-state index in [1.807, 2.05) is 0 Å². The highest BCUT2D eigenvalue weighted by molar-refractivity contribution is 4.87. The quantitative estimate of drug-likeness (QED) is 0.122. The van der Waals surface area contributed by atoms with E-state index in [9.17, 15) is 0 Å². The second-order valence-electron chi connectivity index (χ2n) is 17.9. The summed E-state index contributed by atoms with van der Waals surface area (Å²) in [5.74, 6) is 3.67. The van der Waals surface area contributed by atoms with Gasteiger partial charge in [-0.3, -0.25) is 0 Å². The van der Waals surface area contributed by atoms with E-state index >= 15 is 0 Å². The minimum atomic E-state index is 0.547. The molecular weight excluding hydrogens is 484 g/mol. The summed E-state index contributed by atoms with van der Waals surface area (Å²) in [4.78, 5) is 0. The Morgan fingerprint density at radius 3 is 1.23 bits per heavy atom. The molecule has 40 heavy (non-hydrogen) atoms. The Bertz CT molecular complexity index is 644. The van der Waals surface area contributed by atoms with Gasteiger partial charge in [0, 0.05) is 0 Å². The molecule has 0 aromatic carbocycles. The fourth-order valence-corrected chi connectivity index (χ4v) is 9.15. The smallest absolute Gasteiger partial charge is 0.0857 e. The van der Waals surface area contributed by atoms with E-state index < -0.39 is 0 Å². The highest BCUT2D eigenvalue weighted by Crippen LogP contribution is 2.47. The molecule has 6 unspecified atom stereocenters. The summed E-state index contributed by atoms with van der Waals surface area (Å²) < 4.78 is 2.42. The molecule has 0 bridgehead atoms. The lowest BCUT2D eigenvalue weighted by molar-refractivity contribution is -0.913. The van der Waals surface area contributed by atoms with Crippen LogP contribution >= 0.6 is 0 Å². The summed E-state index contributed by atoms with van der Waals surface area (Å²) >= 11 is 0. The van der Waals surface area contributed by atoms with Gasteiger partial charge in [-0.1, -0.05) is 80.1 Å². The molecule has 0 aromatic rings. The van der Waals surface area contributed by atoms with E-state index in [2.05, 4.69) is 83.6 Å². The third-order valence-electron chi connectivity index (χ3n) is 13.2. The summed E-state index contributed by atoms with van der Waals surface area (Å²) in [6.45, 7) is 23.0. The zero-order valence-corrected chi connectivity index (χ0v) is 30.1. The van der Waals surface area contributed by atoms with Crippen LogP contribution in [0.15, 0.2) is 0 Å². The minimum absolute atomic E-state index is 0.547. The maximum Gasteiger partial charge on any atom is 0.0857 e. The van der Waals surface area contributed by atoms with Crippen LogP contribution in [0, 0.1) is 34.5 Å². The van der Waals surface area contributed by atoms with E-state index in [0.717, 1.165) is 35.8 Å². The van der Waals surface area contributed by atoms with Crippen molar-refractivity contribution in [1.29, 1.82) is 0 Å². The fourth-order valence-electron chi connectivity index (χ4n) is 9.15. The molecule has 0 radical (unpaired) electrons. The van der Waals surface area contributed by atoms with E-state index in [-0.39, 0.29) is 0 Å². The van der Waals surface area contributed by atoms with Gasteiger partial charge in [0.25, 0.3) is 0 Å². The van der Waals surface area contributed by atoms with Gasteiger partial charge in [0.05, 0.1) is 53.4 Å². The predicted octanol–water partition coefficient (Wildman–Crippen LogP) is 10.7. The van der Waals surface area contributed by atoms with Crippen molar-refractivity contribution < 1.29 is 8.97 Å². The monoisotopic (exact) mass is 563 g/mol. The molecule has 0 heterocycles. The third kappa shape index (κ3) is 10.9. The number of unbranched alkanes of at least 4 members (excludes halogenated alkanes) is 5. The number of hydrogen-bond donors (Lipinski definition) is 0. The fraction of sp³-hybridized carbons (Fsp3) is 1.00. The van der Waals surface area contributed by atoms with Crippen molar-refractivity contribution in [3.05, 3.63) is 0 Å². The average molecular weight is 563 g/mol. The molecule has 2 fully saturated rings. The lowest BCUT2D eigenvalue weighted by Gasteiger charge is -2.44. The number of hydrogen-bond acceptors (Lipinski definition) is 0. The summed E-state index contributed by atoms with van der Waals surface area (Å²) in [6, 6.07) is 1.55. The third-order valence-corrected chi connectivity index (χ3v) is 13.2. The van der Waals surface area contributed by atoms with Gasteiger partial charge < -0.3 is 8.97 Å². The van der Waals surface area contributed by atoms with E-state index in [1.54, 1.807) is 0 Å². The first-order chi connectivity index (χ1) is 18.5. The molecule has 2 saturated carbocycles. The van der Waals surface area contributed by atoms with Crippen molar-refractivity contribution in [2.45, 2.75) is 170 Å². The van der Waals surface area contributed by atoms with E-state index in [1.165, 1.54) is 125 Å². The largest absolute Gasteiger partial charge is 0.326 e. The Kier molecular flexibility index (Phi) is 14.1. The molecule has 2 rings (SSSR count). The molecule has 0 aromatic heterocycles. The Morgan fingerprint density at radius 2 is 0.900 bits per heavy atom. The minimum Gasteiger partial charge on any atom is -0.326 e. The van der Waals surface area contributed by atoms with Crippen LogP contribution in [0.3, 0.4) is 0 Å². The lowest BCUT2D eigenvalue weighted by atomic mass is 9.62. The van der Waals surface area contributed by atoms with Gasteiger partial charge in [0.2, 0.25) is 0 Å². The van der Waals surface area contributed by atoms with E-state index in [0.29, 0.717) is 10.8 Å². The summed E-state index contributed by atoms with van der Waals surface area (Å²) in [7, 11) is 9.99. The van der Waals surface area contributed by atoms with Crippen LogP contribution in [0.4, 0.5) is 0 Å². The van der Waals surface area contributed by atoms with Crippen molar-refractivity contribution in [2.24, 2.45) is 34.5 Å². The van der Waals surface area contributed by atoms with Gasteiger partial charge in [0.1, 0.15) is 0 Å². The molecule has 0 spiro atoms. The normalized spacial score (nSPS) is 28.8. The zero-order chi connectivity index (χ0) is 30.2. The Hall–Kier alpha value is -0.0800. The molecule has 2 nitrogen and oxygen atoms in total. The topological polar surface area (TPSA) is 0 Å². The van der Waals surface area contributed by atoms with Crippen LogP contribution < -0.4 is 0 Å². The highest BCUT2D eigenvalue weighted by Gasteiger charge is 2.38. The zero-order valence-electron chi connectivity index (χ0n) is 30.1. The summed E-state index contributed by atoms with van der Waals surface area (Å²) in [5, 5.41) is 0. The maximum absolute atomic E-state index is 2.54. The van der Waals surface area contributed by atoms with Crippen LogP contribution in [-0.2, 0) is 0 Å². The van der Waals surface area contributed by atoms with Crippen LogP contribution in [0.1, 0.15) is 158 Å². The van der Waals surface area contributed by atoms with Crippen molar-refractivity contribution in [3.63, 3.8) is 0 Å². The molecule has 0 amide bonds. The second kappa shape index (κ2) is 15.6. The molecule has 0 N–H and O–H groups in total. The number of nitrogens with zero attached hydrogens (tertiary/aromatic N) is 2. The number of rotatable bonds is 17. The first kappa shape index (κ1) is 36.1. The Balaban J connectivity index is 1.59. The molecule has 0 aliphatic heterocycles. The molecule has 6 atom stereocenters.